The van der Waals surface area contributed by atoms with Gasteiger partial charge in [0.15, 0.2) is 11.6 Å². The Bertz CT molecular complexity index is 1770. The molecule has 1 fully saturated rings. The Hall–Kier alpha value is -4.34. The van der Waals surface area contributed by atoms with Crippen LogP contribution in [-0.4, -0.2) is 38.3 Å². The Morgan fingerprint density at radius 2 is 1.90 bits per heavy atom. The molecule has 5 aromatic rings. The predicted molar refractivity (Wildman–Crippen MR) is 154 cm³/mol. The molecule has 1 aliphatic heterocycles. The molecule has 0 aliphatic carbocycles. The number of aromatic nitrogens is 3. The molecule has 2 aromatic heterocycles. The fourth-order valence-corrected chi connectivity index (χ4v) is 5.24. The Morgan fingerprint density at radius 1 is 1.05 bits per heavy atom. The Labute approximate surface area is 245 Å². The summed E-state index contributed by atoms with van der Waals surface area (Å²) >= 11 is 5.80. The summed E-state index contributed by atoms with van der Waals surface area (Å²) in [5.41, 5.74) is 4.12. The van der Waals surface area contributed by atoms with Crippen LogP contribution in [0.4, 0.5) is 8.78 Å². The number of carboxylic acids is 1. The zero-order chi connectivity index (χ0) is 29.2. The number of carboxylic acid groups (broad SMARTS) is 1. The minimum Gasteiger partial charge on any atom is -0.486 e. The van der Waals surface area contributed by atoms with Crippen molar-refractivity contribution < 1.29 is 28.2 Å². The molecule has 0 saturated carbocycles. The molecule has 42 heavy (non-hydrogen) atoms. The smallest absolute Gasteiger partial charge is 0.335 e. The van der Waals surface area contributed by atoms with E-state index in [0.29, 0.717) is 30.7 Å². The highest BCUT2D eigenvalue weighted by molar-refractivity contribution is 6.30. The van der Waals surface area contributed by atoms with Crippen molar-refractivity contribution in [1.29, 1.82) is 0 Å². The van der Waals surface area contributed by atoms with Crippen LogP contribution in [0, 0.1) is 11.6 Å². The van der Waals surface area contributed by atoms with Gasteiger partial charge in [-0.25, -0.2) is 18.6 Å². The molecule has 0 spiro atoms. The molecule has 3 aromatic carbocycles. The van der Waals surface area contributed by atoms with Crippen molar-refractivity contribution in [3.8, 4) is 16.9 Å². The number of nitrogens with zero attached hydrogens (tertiary/aromatic N) is 3. The van der Waals surface area contributed by atoms with Crippen molar-refractivity contribution in [3.63, 3.8) is 0 Å². The minimum atomic E-state index is -0.993. The maximum absolute atomic E-state index is 14.5. The van der Waals surface area contributed by atoms with Gasteiger partial charge in [0, 0.05) is 41.1 Å². The highest BCUT2D eigenvalue weighted by Crippen LogP contribution is 2.28. The van der Waals surface area contributed by atoms with Crippen LogP contribution in [0.25, 0.3) is 22.2 Å². The number of hydrogen-bond acceptors (Lipinski definition) is 5. The van der Waals surface area contributed by atoms with Crippen molar-refractivity contribution in [2.24, 2.45) is 0 Å². The quantitative estimate of drug-likeness (QED) is 0.198. The predicted octanol–water partition coefficient (Wildman–Crippen LogP) is 7.08. The number of carbonyl (C=O) groups is 1. The summed E-state index contributed by atoms with van der Waals surface area (Å²) in [6.45, 7) is 1.14. The van der Waals surface area contributed by atoms with Crippen LogP contribution in [0.5, 0.6) is 5.75 Å². The summed E-state index contributed by atoms with van der Waals surface area (Å²) in [4.78, 5) is 21.0. The van der Waals surface area contributed by atoms with E-state index in [-0.39, 0.29) is 34.6 Å². The first-order chi connectivity index (χ1) is 20.3. The first-order valence-corrected chi connectivity index (χ1v) is 13.9. The second kappa shape index (κ2) is 11.9. The molecule has 1 aliphatic rings. The van der Waals surface area contributed by atoms with Gasteiger partial charge in [0.1, 0.15) is 18.2 Å². The van der Waals surface area contributed by atoms with Crippen LogP contribution >= 0.6 is 11.6 Å². The summed E-state index contributed by atoms with van der Waals surface area (Å²) < 4.78 is 42.1. The van der Waals surface area contributed by atoms with Crippen molar-refractivity contribution in [2.75, 3.05) is 6.61 Å². The molecule has 214 valence electrons. The Balaban J connectivity index is 1.23. The van der Waals surface area contributed by atoms with Crippen LogP contribution in [0.15, 0.2) is 72.9 Å². The van der Waals surface area contributed by atoms with Gasteiger partial charge in [-0.2, -0.15) is 0 Å². The van der Waals surface area contributed by atoms with Gasteiger partial charge in [-0.05, 0) is 66.9 Å². The molecule has 1 atom stereocenters. The van der Waals surface area contributed by atoms with Crippen molar-refractivity contribution in [3.05, 3.63) is 112 Å². The number of rotatable bonds is 9. The van der Waals surface area contributed by atoms with E-state index < -0.39 is 17.6 Å². The van der Waals surface area contributed by atoms with Gasteiger partial charge in [0.25, 0.3) is 0 Å². The van der Waals surface area contributed by atoms with Gasteiger partial charge in [-0.15, -0.1) is 0 Å². The highest BCUT2D eigenvalue weighted by Gasteiger charge is 2.21. The minimum absolute atomic E-state index is 0.00509. The average molecular weight is 590 g/mol. The van der Waals surface area contributed by atoms with E-state index in [1.165, 1.54) is 18.2 Å². The summed E-state index contributed by atoms with van der Waals surface area (Å²) in [6.07, 6.45) is 4.08. The van der Waals surface area contributed by atoms with Crippen LogP contribution in [0.3, 0.4) is 0 Å². The van der Waals surface area contributed by atoms with E-state index in [1.54, 1.807) is 42.6 Å². The zero-order valence-electron chi connectivity index (χ0n) is 22.4. The summed E-state index contributed by atoms with van der Waals surface area (Å²) in [5.74, 6) is -1.32. The number of ether oxygens (including phenoxy) is 2. The van der Waals surface area contributed by atoms with Crippen molar-refractivity contribution in [2.45, 2.75) is 38.5 Å². The zero-order valence-corrected chi connectivity index (χ0v) is 23.2. The van der Waals surface area contributed by atoms with Crippen molar-refractivity contribution in [1.82, 2.24) is 14.5 Å². The molecule has 1 unspecified atom stereocenters. The average Bonchev–Trinajstić information content (AvgIpc) is 3.62. The lowest BCUT2D eigenvalue weighted by Gasteiger charge is -2.14. The van der Waals surface area contributed by atoms with E-state index in [2.05, 4.69) is 4.98 Å². The molecular formula is C32H26ClF2N3O4. The molecule has 0 bridgehead atoms. The highest BCUT2D eigenvalue weighted by atomic mass is 35.5. The summed E-state index contributed by atoms with van der Waals surface area (Å²) in [5, 5.41) is 9.77. The van der Waals surface area contributed by atoms with Crippen molar-refractivity contribution >= 4 is 28.6 Å². The number of aromatic carboxylic acids is 1. The molecule has 1 saturated heterocycles. The molecule has 10 heteroatoms. The maximum atomic E-state index is 14.5. The Morgan fingerprint density at radius 3 is 2.64 bits per heavy atom. The first kappa shape index (κ1) is 27.8. The number of benzene rings is 3. The third-order valence-electron chi connectivity index (χ3n) is 7.31. The second-order valence-electron chi connectivity index (χ2n) is 10.2. The number of imidazole rings is 1. The lowest BCUT2D eigenvalue weighted by Crippen LogP contribution is -2.17. The molecular weight excluding hydrogens is 564 g/mol. The molecule has 7 nitrogen and oxygen atoms in total. The molecule has 3 heterocycles. The molecule has 1 N–H and O–H groups in total. The molecule has 0 radical (unpaired) electrons. The van der Waals surface area contributed by atoms with Crippen LogP contribution in [0.2, 0.25) is 5.02 Å². The van der Waals surface area contributed by atoms with Gasteiger partial charge in [-0.1, -0.05) is 29.8 Å². The van der Waals surface area contributed by atoms with Crippen LogP contribution < -0.4 is 4.74 Å². The van der Waals surface area contributed by atoms with Gasteiger partial charge in [-0.3, -0.25) is 4.98 Å². The topological polar surface area (TPSA) is 86.5 Å². The third-order valence-corrected chi connectivity index (χ3v) is 7.55. The number of pyridine rings is 1. The van der Waals surface area contributed by atoms with Crippen LogP contribution in [-0.2, 0) is 24.3 Å². The number of hydrogen-bond donors (Lipinski definition) is 1. The van der Waals surface area contributed by atoms with E-state index >= 15 is 0 Å². The largest absolute Gasteiger partial charge is 0.486 e. The maximum Gasteiger partial charge on any atom is 0.335 e. The lowest BCUT2D eigenvalue weighted by atomic mass is 10.1. The van der Waals surface area contributed by atoms with Crippen LogP contribution in [0.1, 0.15) is 40.3 Å². The normalized spacial score (nSPS) is 14.9. The monoisotopic (exact) mass is 589 g/mol. The molecule has 0 amide bonds. The van der Waals surface area contributed by atoms with Gasteiger partial charge in [0.2, 0.25) is 0 Å². The molecule has 6 rings (SSSR count). The fraction of sp³-hybridized carbons (Fsp3) is 0.219. The second-order valence-corrected chi connectivity index (χ2v) is 10.6. The van der Waals surface area contributed by atoms with Gasteiger partial charge >= 0.3 is 5.97 Å². The lowest BCUT2D eigenvalue weighted by molar-refractivity contribution is 0.0697. The number of halogens is 3. The van der Waals surface area contributed by atoms with E-state index in [0.717, 1.165) is 35.4 Å². The standard InChI is InChI=1S/C32H26ClF2N3O4/c33-23-7-3-22(27(35)14-23)18-42-30-13-19(5-9-26(30)34)21-4-8-24(36-16-21)15-31-37-28-10-6-20(32(39)40)12-29(28)38(31)17-25-2-1-11-41-25/h3-10,12-14,16,25H,1-2,11,15,17-18H2,(H,39,40). The van der Waals surface area contributed by atoms with E-state index in [1.807, 2.05) is 16.7 Å². The van der Waals surface area contributed by atoms with Gasteiger partial charge < -0.3 is 19.1 Å². The van der Waals surface area contributed by atoms with E-state index in [4.69, 9.17) is 26.1 Å². The fourth-order valence-electron chi connectivity index (χ4n) is 5.09. The number of fused-ring (bicyclic) bond motifs is 1. The summed E-state index contributed by atoms with van der Waals surface area (Å²) in [6, 6.07) is 17.4. The Kier molecular flexibility index (Phi) is 7.86. The van der Waals surface area contributed by atoms with E-state index in [9.17, 15) is 18.7 Å². The SMILES string of the molecule is O=C(O)c1ccc2nc(Cc3ccc(-c4ccc(F)c(OCc5ccc(Cl)cc5F)c4)cn3)n(CC3CCCO3)c2c1. The first-order valence-electron chi connectivity index (χ1n) is 13.5. The van der Waals surface area contributed by atoms with Gasteiger partial charge in [0.05, 0.1) is 29.2 Å². The summed E-state index contributed by atoms with van der Waals surface area (Å²) in [7, 11) is 0. The third kappa shape index (κ3) is 5.98.